The van der Waals surface area contributed by atoms with Crippen molar-refractivity contribution in [1.29, 1.82) is 0 Å². The van der Waals surface area contributed by atoms with Crippen LogP contribution < -0.4 is 25.0 Å². The maximum atomic E-state index is 12.4. The van der Waals surface area contributed by atoms with Crippen LogP contribution in [-0.2, 0) is 11.4 Å². The Bertz CT molecular complexity index is 1440. The number of rotatable bonds is 8. The topological polar surface area (TPSA) is 98.3 Å². The van der Waals surface area contributed by atoms with E-state index in [1.165, 1.54) is 0 Å². The molecule has 0 atom stereocenters. The third-order valence-electron chi connectivity index (χ3n) is 5.60. The molecule has 8 nitrogen and oxygen atoms in total. The zero-order valence-corrected chi connectivity index (χ0v) is 19.3. The van der Waals surface area contributed by atoms with E-state index in [0.29, 0.717) is 29.4 Å². The number of benzene rings is 4. The van der Waals surface area contributed by atoms with E-state index in [4.69, 9.17) is 14.2 Å². The van der Waals surface area contributed by atoms with E-state index in [-0.39, 0.29) is 13.3 Å². The highest BCUT2D eigenvalue weighted by Gasteiger charge is 2.16. The molecule has 0 saturated heterocycles. The van der Waals surface area contributed by atoms with Crippen molar-refractivity contribution in [3.05, 3.63) is 102 Å². The smallest absolute Gasteiger partial charge is 0.259 e. The van der Waals surface area contributed by atoms with Crippen molar-refractivity contribution in [2.75, 3.05) is 13.3 Å². The Balaban J connectivity index is 1.23. The highest BCUT2D eigenvalue weighted by molar-refractivity contribution is 6.03. The number of carbonyl (C=O) groups is 2. The molecule has 0 bridgehead atoms. The second-order valence-electron chi connectivity index (χ2n) is 8.02. The maximum absolute atomic E-state index is 12.4. The molecule has 0 aromatic heterocycles. The molecule has 0 aliphatic carbocycles. The average molecular weight is 482 g/mol. The first-order chi connectivity index (χ1) is 17.7. The van der Waals surface area contributed by atoms with Gasteiger partial charge in [-0.2, -0.15) is 5.10 Å². The second kappa shape index (κ2) is 10.6. The largest absolute Gasteiger partial charge is 0.488 e. The Morgan fingerprint density at radius 3 is 2.61 bits per heavy atom. The average Bonchev–Trinajstić information content (AvgIpc) is 3.40. The molecule has 5 rings (SSSR count). The monoisotopic (exact) mass is 481 g/mol. The van der Waals surface area contributed by atoms with Crippen molar-refractivity contribution in [2.24, 2.45) is 5.10 Å². The van der Waals surface area contributed by atoms with E-state index >= 15 is 0 Å². The summed E-state index contributed by atoms with van der Waals surface area (Å²) in [6.07, 6.45) is 1.56. The number of hydrazone groups is 1. The molecule has 0 saturated carbocycles. The fourth-order valence-corrected chi connectivity index (χ4v) is 3.78. The Hall–Kier alpha value is -4.85. The number of carbonyl (C=O) groups excluding carboxylic acids is 2. The van der Waals surface area contributed by atoms with E-state index in [1.54, 1.807) is 24.4 Å². The predicted molar refractivity (Wildman–Crippen MR) is 135 cm³/mol. The summed E-state index contributed by atoms with van der Waals surface area (Å²) in [5.74, 6) is 0.855. The van der Waals surface area contributed by atoms with Crippen LogP contribution in [0.3, 0.4) is 0 Å². The lowest BCUT2D eigenvalue weighted by Gasteiger charge is -2.12. The van der Waals surface area contributed by atoms with Gasteiger partial charge in [-0.15, -0.1) is 0 Å². The quantitative estimate of drug-likeness (QED) is 0.293. The second-order valence-corrected chi connectivity index (χ2v) is 8.02. The summed E-state index contributed by atoms with van der Waals surface area (Å²) in [5, 5.41) is 8.65. The minimum Gasteiger partial charge on any atom is -0.488 e. The fraction of sp³-hybridized carbons (Fsp3) is 0.107. The molecule has 2 N–H and O–H groups in total. The van der Waals surface area contributed by atoms with Crippen molar-refractivity contribution < 1.29 is 23.8 Å². The minimum atomic E-state index is -0.465. The van der Waals surface area contributed by atoms with Crippen LogP contribution in [0.5, 0.6) is 17.2 Å². The standard InChI is InChI=1S/C28H23N3O5/c32-27(16-29-28(33)21-11-13-25-26(14-21)36-18-35-25)31-30-15-23-22-9-5-4-8-20(22)10-12-24(23)34-17-19-6-2-1-3-7-19/h1-15H,16-18H2,(H,29,33)(H,31,32)/b30-15+. The minimum absolute atomic E-state index is 0.122. The Morgan fingerprint density at radius 2 is 1.72 bits per heavy atom. The van der Waals surface area contributed by atoms with Gasteiger partial charge in [-0.3, -0.25) is 9.59 Å². The van der Waals surface area contributed by atoms with Gasteiger partial charge in [0.25, 0.3) is 11.8 Å². The van der Waals surface area contributed by atoms with Crippen LogP contribution in [-0.4, -0.2) is 31.4 Å². The molecule has 1 aliphatic heterocycles. The third-order valence-corrected chi connectivity index (χ3v) is 5.60. The molecule has 1 heterocycles. The van der Waals surface area contributed by atoms with Crippen molar-refractivity contribution >= 4 is 28.8 Å². The van der Waals surface area contributed by atoms with Gasteiger partial charge in [0.05, 0.1) is 12.8 Å². The fourth-order valence-electron chi connectivity index (χ4n) is 3.78. The van der Waals surface area contributed by atoms with E-state index in [2.05, 4.69) is 15.8 Å². The summed E-state index contributed by atoms with van der Waals surface area (Å²) in [5.41, 5.74) is 4.61. The summed E-state index contributed by atoms with van der Waals surface area (Å²) < 4.78 is 16.6. The summed E-state index contributed by atoms with van der Waals surface area (Å²) >= 11 is 0. The zero-order chi connectivity index (χ0) is 24.7. The Labute approximate surface area is 207 Å². The van der Waals surface area contributed by atoms with Crippen LogP contribution in [0.25, 0.3) is 10.8 Å². The molecule has 0 fully saturated rings. The van der Waals surface area contributed by atoms with Crippen molar-refractivity contribution in [3.63, 3.8) is 0 Å². The normalized spacial score (nSPS) is 12.0. The van der Waals surface area contributed by atoms with Crippen molar-refractivity contribution in [1.82, 2.24) is 10.7 Å². The molecule has 36 heavy (non-hydrogen) atoms. The van der Waals surface area contributed by atoms with Crippen molar-refractivity contribution in [3.8, 4) is 17.2 Å². The van der Waals surface area contributed by atoms with E-state index in [9.17, 15) is 9.59 Å². The first-order valence-electron chi connectivity index (χ1n) is 11.4. The van der Waals surface area contributed by atoms with E-state index in [0.717, 1.165) is 21.9 Å². The highest BCUT2D eigenvalue weighted by atomic mass is 16.7. The molecule has 0 spiro atoms. The van der Waals surface area contributed by atoms with Crippen LogP contribution in [0, 0.1) is 0 Å². The summed E-state index contributed by atoms with van der Waals surface area (Å²) in [6.45, 7) is 0.284. The molecule has 4 aromatic carbocycles. The van der Waals surface area contributed by atoms with Crippen LogP contribution in [0.1, 0.15) is 21.5 Å². The molecule has 0 radical (unpaired) electrons. The van der Waals surface area contributed by atoms with Gasteiger partial charge in [0.1, 0.15) is 12.4 Å². The number of hydrogen-bond donors (Lipinski definition) is 2. The molecular weight excluding hydrogens is 458 g/mol. The molecule has 1 aliphatic rings. The van der Waals surface area contributed by atoms with Gasteiger partial charge < -0.3 is 19.5 Å². The Morgan fingerprint density at radius 1 is 0.917 bits per heavy atom. The SMILES string of the molecule is O=C(CNC(=O)c1ccc2c(c1)OCO2)N/N=C/c1c(OCc2ccccc2)ccc2ccccc12. The van der Waals surface area contributed by atoms with Gasteiger partial charge in [0.15, 0.2) is 11.5 Å². The molecule has 2 amide bonds. The molecule has 4 aromatic rings. The van der Waals surface area contributed by atoms with Gasteiger partial charge in [0, 0.05) is 11.1 Å². The number of ether oxygens (including phenoxy) is 3. The van der Waals surface area contributed by atoms with Crippen LogP contribution in [0.15, 0.2) is 90.0 Å². The number of nitrogens with one attached hydrogen (secondary N) is 2. The van der Waals surface area contributed by atoms with Crippen LogP contribution >= 0.6 is 0 Å². The lowest BCUT2D eigenvalue weighted by molar-refractivity contribution is -0.120. The lowest BCUT2D eigenvalue weighted by atomic mass is 10.0. The van der Waals surface area contributed by atoms with Crippen molar-refractivity contribution in [2.45, 2.75) is 6.61 Å². The number of amides is 2. The number of nitrogens with zero attached hydrogens (tertiary/aromatic N) is 1. The third kappa shape index (κ3) is 5.28. The Kier molecular flexibility index (Phi) is 6.75. The van der Waals surface area contributed by atoms with Gasteiger partial charge in [-0.05, 0) is 40.6 Å². The molecule has 0 unspecified atom stereocenters. The first kappa shape index (κ1) is 22.9. The highest BCUT2D eigenvalue weighted by Crippen LogP contribution is 2.32. The molecular formula is C28H23N3O5. The maximum Gasteiger partial charge on any atom is 0.259 e. The van der Waals surface area contributed by atoms with E-state index in [1.807, 2.05) is 66.7 Å². The summed E-state index contributed by atoms with van der Waals surface area (Å²) in [6, 6.07) is 26.4. The predicted octanol–water partition coefficient (Wildman–Crippen LogP) is 4.03. The molecule has 180 valence electrons. The summed E-state index contributed by atoms with van der Waals surface area (Å²) in [7, 11) is 0. The van der Waals surface area contributed by atoms with Gasteiger partial charge in [-0.1, -0.05) is 60.7 Å². The number of fused-ring (bicyclic) bond motifs is 2. The zero-order valence-electron chi connectivity index (χ0n) is 19.3. The van der Waals surface area contributed by atoms with E-state index < -0.39 is 11.8 Å². The lowest BCUT2D eigenvalue weighted by Crippen LogP contribution is -2.34. The summed E-state index contributed by atoms with van der Waals surface area (Å²) in [4.78, 5) is 24.7. The van der Waals surface area contributed by atoms with Crippen LogP contribution in [0.2, 0.25) is 0 Å². The van der Waals surface area contributed by atoms with Crippen LogP contribution in [0.4, 0.5) is 0 Å². The number of hydrogen-bond acceptors (Lipinski definition) is 6. The molecule has 8 heteroatoms. The van der Waals surface area contributed by atoms with Gasteiger partial charge >= 0.3 is 0 Å². The van der Waals surface area contributed by atoms with Gasteiger partial charge in [0.2, 0.25) is 6.79 Å². The first-order valence-corrected chi connectivity index (χ1v) is 11.4. The van der Waals surface area contributed by atoms with Gasteiger partial charge in [-0.25, -0.2) is 5.43 Å².